The number of nitrogens with one attached hydrogen (secondary N) is 1. The van der Waals surface area contributed by atoms with Gasteiger partial charge in [0.25, 0.3) is 11.6 Å². The first-order valence-corrected chi connectivity index (χ1v) is 8.54. The maximum atomic E-state index is 13.7. The number of carbonyl (C=O) groups is 2. The number of carbonyl (C=O) groups excluding carboxylic acids is 2. The second-order valence-electron chi connectivity index (χ2n) is 5.78. The average Bonchev–Trinajstić information content (AvgIpc) is 2.67. The molecule has 0 radical (unpaired) electrons. The number of non-ortho nitro benzene ring substituents is 1. The molecule has 0 aliphatic carbocycles. The van der Waals surface area contributed by atoms with Crippen molar-refractivity contribution in [2.75, 3.05) is 18.5 Å². The quantitative estimate of drug-likeness (QED) is 0.303. The van der Waals surface area contributed by atoms with E-state index in [0.717, 1.165) is 25.0 Å². The fourth-order valence-corrected chi connectivity index (χ4v) is 2.14. The molecule has 9 heteroatoms. The Bertz CT molecular complexity index is 854. The number of esters is 1. The van der Waals surface area contributed by atoms with Crippen LogP contribution >= 0.6 is 0 Å². The summed E-state index contributed by atoms with van der Waals surface area (Å²) in [5, 5.41) is 13.1. The van der Waals surface area contributed by atoms with E-state index in [-0.39, 0.29) is 5.75 Å². The topological polar surface area (TPSA) is 108 Å². The van der Waals surface area contributed by atoms with Gasteiger partial charge in [-0.1, -0.05) is 13.3 Å². The number of benzene rings is 2. The van der Waals surface area contributed by atoms with Crippen molar-refractivity contribution >= 4 is 23.3 Å². The van der Waals surface area contributed by atoms with E-state index in [2.05, 4.69) is 5.32 Å². The lowest BCUT2D eigenvalue weighted by Gasteiger charge is -2.09. The number of halogens is 1. The van der Waals surface area contributed by atoms with Crippen molar-refractivity contribution in [2.24, 2.45) is 0 Å². The summed E-state index contributed by atoms with van der Waals surface area (Å²) in [5.74, 6) is -2.21. The highest BCUT2D eigenvalue weighted by molar-refractivity contribution is 5.93. The van der Waals surface area contributed by atoms with Crippen LogP contribution in [-0.2, 0) is 9.53 Å². The van der Waals surface area contributed by atoms with Crippen molar-refractivity contribution in [2.45, 2.75) is 19.8 Å². The van der Waals surface area contributed by atoms with E-state index in [0.29, 0.717) is 23.9 Å². The zero-order valence-corrected chi connectivity index (χ0v) is 15.1. The van der Waals surface area contributed by atoms with E-state index in [9.17, 15) is 24.1 Å². The predicted octanol–water partition coefficient (Wildman–Crippen LogP) is 3.71. The van der Waals surface area contributed by atoms with Crippen molar-refractivity contribution in [3.8, 4) is 5.75 Å². The number of nitrogens with zero attached hydrogens (tertiary/aromatic N) is 1. The Hall–Kier alpha value is -3.49. The van der Waals surface area contributed by atoms with Crippen molar-refractivity contribution < 1.29 is 28.4 Å². The number of ether oxygens (including phenoxy) is 2. The van der Waals surface area contributed by atoms with E-state index >= 15 is 0 Å². The van der Waals surface area contributed by atoms with Crippen LogP contribution in [-0.4, -0.2) is 30.0 Å². The number of nitro benzene ring substituents is 1. The highest BCUT2D eigenvalue weighted by Crippen LogP contribution is 2.22. The normalized spacial score (nSPS) is 10.2. The van der Waals surface area contributed by atoms with Crippen molar-refractivity contribution in [1.29, 1.82) is 0 Å². The summed E-state index contributed by atoms with van der Waals surface area (Å²) in [6.45, 7) is 1.85. The number of rotatable bonds is 9. The number of amides is 1. The van der Waals surface area contributed by atoms with E-state index in [1.54, 1.807) is 0 Å². The first-order valence-electron chi connectivity index (χ1n) is 8.54. The maximum absolute atomic E-state index is 13.7. The van der Waals surface area contributed by atoms with Gasteiger partial charge in [-0.3, -0.25) is 14.9 Å². The summed E-state index contributed by atoms with van der Waals surface area (Å²) in [5.41, 5.74) is 0.365. The second kappa shape index (κ2) is 10.0. The van der Waals surface area contributed by atoms with Crippen molar-refractivity contribution in [3.63, 3.8) is 0 Å². The lowest BCUT2D eigenvalue weighted by Crippen LogP contribution is -2.20. The zero-order valence-electron chi connectivity index (χ0n) is 15.1. The molecule has 8 nitrogen and oxygen atoms in total. The summed E-state index contributed by atoms with van der Waals surface area (Å²) in [6, 6.07) is 8.96. The van der Waals surface area contributed by atoms with Gasteiger partial charge < -0.3 is 14.8 Å². The summed E-state index contributed by atoms with van der Waals surface area (Å²) in [7, 11) is 0. The van der Waals surface area contributed by atoms with Crippen LogP contribution in [0.25, 0.3) is 0 Å². The SMILES string of the molecule is CCCCOC(=O)c1ccc(NC(=O)COc2ccc([N+](=O)[O-])cc2F)cc1. The molecule has 0 aromatic heterocycles. The van der Waals surface area contributed by atoms with Crippen LogP contribution in [0.15, 0.2) is 42.5 Å². The molecule has 2 aromatic carbocycles. The maximum Gasteiger partial charge on any atom is 0.338 e. The van der Waals surface area contributed by atoms with E-state index in [1.165, 1.54) is 24.3 Å². The Balaban J connectivity index is 1.86. The van der Waals surface area contributed by atoms with Gasteiger partial charge >= 0.3 is 5.97 Å². The number of unbranched alkanes of at least 4 members (excludes halogenated alkanes) is 1. The van der Waals surface area contributed by atoms with Crippen LogP contribution in [0.5, 0.6) is 5.75 Å². The highest BCUT2D eigenvalue weighted by Gasteiger charge is 2.13. The highest BCUT2D eigenvalue weighted by atomic mass is 19.1. The molecule has 1 amide bonds. The first kappa shape index (κ1) is 20.8. The minimum atomic E-state index is -0.937. The molecule has 28 heavy (non-hydrogen) atoms. The molecule has 0 saturated heterocycles. The van der Waals surface area contributed by atoms with Crippen molar-refractivity contribution in [1.82, 2.24) is 0 Å². The molecule has 0 aliphatic rings. The molecule has 0 heterocycles. The van der Waals surface area contributed by atoms with Crippen LogP contribution in [0, 0.1) is 15.9 Å². The van der Waals surface area contributed by atoms with Crippen molar-refractivity contribution in [3.05, 3.63) is 64.0 Å². The summed E-state index contributed by atoms with van der Waals surface area (Å²) >= 11 is 0. The standard InChI is InChI=1S/C19H19FN2O6/c1-2-3-10-27-19(24)13-4-6-14(7-5-13)21-18(23)12-28-17-9-8-15(22(25)26)11-16(17)20/h4-9,11H,2-3,10,12H2,1H3,(H,21,23). The predicted molar refractivity (Wildman–Crippen MR) is 98.8 cm³/mol. The molecule has 2 aromatic rings. The third-order valence-electron chi connectivity index (χ3n) is 3.62. The lowest BCUT2D eigenvalue weighted by atomic mass is 10.2. The van der Waals surface area contributed by atoms with Gasteiger partial charge in [0.2, 0.25) is 0 Å². The fourth-order valence-electron chi connectivity index (χ4n) is 2.14. The molecule has 0 spiro atoms. The minimum absolute atomic E-state index is 0.272. The van der Waals surface area contributed by atoms with Gasteiger partial charge in [-0.15, -0.1) is 0 Å². The first-order chi connectivity index (χ1) is 13.4. The summed E-state index contributed by atoms with van der Waals surface area (Å²) in [4.78, 5) is 33.5. The third-order valence-corrected chi connectivity index (χ3v) is 3.62. The molecule has 0 saturated carbocycles. The molecule has 1 N–H and O–H groups in total. The Kier molecular flexibility index (Phi) is 7.44. The van der Waals surface area contributed by atoms with Crippen LogP contribution < -0.4 is 10.1 Å². The van der Waals surface area contributed by atoms with Gasteiger partial charge in [-0.25, -0.2) is 9.18 Å². The molecule has 148 valence electrons. The Morgan fingerprint density at radius 1 is 1.18 bits per heavy atom. The second-order valence-corrected chi connectivity index (χ2v) is 5.78. The number of nitro groups is 1. The lowest BCUT2D eigenvalue weighted by molar-refractivity contribution is -0.385. The largest absolute Gasteiger partial charge is 0.481 e. The minimum Gasteiger partial charge on any atom is -0.481 e. The van der Waals surface area contributed by atoms with Gasteiger partial charge in [0.15, 0.2) is 18.2 Å². The molecular formula is C19H19FN2O6. The van der Waals surface area contributed by atoms with Crippen LogP contribution in [0.4, 0.5) is 15.8 Å². The summed E-state index contributed by atoms with van der Waals surface area (Å²) < 4.78 is 23.8. The van der Waals surface area contributed by atoms with E-state index in [4.69, 9.17) is 9.47 Å². The molecule has 0 fully saturated rings. The molecule has 0 bridgehead atoms. The van der Waals surface area contributed by atoms with Gasteiger partial charge in [-0.2, -0.15) is 0 Å². The Morgan fingerprint density at radius 2 is 1.89 bits per heavy atom. The molecule has 0 aliphatic heterocycles. The van der Waals surface area contributed by atoms with Crippen LogP contribution in [0.3, 0.4) is 0 Å². The number of hydrogen-bond acceptors (Lipinski definition) is 6. The molecule has 0 atom stereocenters. The molecule has 2 rings (SSSR count). The molecular weight excluding hydrogens is 371 g/mol. The molecule has 0 unspecified atom stereocenters. The zero-order chi connectivity index (χ0) is 20.5. The van der Waals surface area contributed by atoms with Gasteiger partial charge in [0.05, 0.1) is 23.2 Å². The van der Waals surface area contributed by atoms with Gasteiger partial charge in [0, 0.05) is 11.8 Å². The Labute approximate surface area is 160 Å². The monoisotopic (exact) mass is 390 g/mol. The average molecular weight is 390 g/mol. The van der Waals surface area contributed by atoms with Crippen LogP contribution in [0.1, 0.15) is 30.1 Å². The third kappa shape index (κ3) is 6.04. The van der Waals surface area contributed by atoms with Gasteiger partial charge in [0.1, 0.15) is 0 Å². The Morgan fingerprint density at radius 3 is 2.50 bits per heavy atom. The van der Waals surface area contributed by atoms with E-state index < -0.39 is 34.9 Å². The smallest absolute Gasteiger partial charge is 0.338 e. The van der Waals surface area contributed by atoms with Crippen LogP contribution in [0.2, 0.25) is 0 Å². The van der Waals surface area contributed by atoms with E-state index in [1.807, 2.05) is 6.92 Å². The summed E-state index contributed by atoms with van der Waals surface area (Å²) in [6.07, 6.45) is 1.71. The fraction of sp³-hybridized carbons (Fsp3) is 0.263. The number of hydrogen-bond donors (Lipinski definition) is 1. The van der Waals surface area contributed by atoms with Gasteiger partial charge in [-0.05, 0) is 36.8 Å². The number of anilines is 1.